The fraction of sp³-hybridized carbons (Fsp3) is 0.409. The number of nitrogens with zero attached hydrogens (tertiary/aromatic N) is 1. The molecule has 0 aliphatic rings. The summed E-state index contributed by atoms with van der Waals surface area (Å²) in [7, 11) is -3.32. The van der Waals surface area contributed by atoms with Gasteiger partial charge in [-0.1, -0.05) is 38.1 Å². The summed E-state index contributed by atoms with van der Waals surface area (Å²) in [5.74, 6) is 0.380. The highest BCUT2D eigenvalue weighted by molar-refractivity contribution is 7.92. The molecule has 0 bridgehead atoms. The molecule has 1 amide bonds. The Morgan fingerprint density at radius 3 is 2.14 bits per heavy atom. The molecule has 0 aromatic heterocycles. The first-order valence-electron chi connectivity index (χ1n) is 9.67. The summed E-state index contributed by atoms with van der Waals surface area (Å²) in [6.07, 6.45) is 2.95. The molecule has 28 heavy (non-hydrogen) atoms. The van der Waals surface area contributed by atoms with Crippen molar-refractivity contribution in [3.8, 4) is 0 Å². The first kappa shape index (κ1) is 22.0. The zero-order valence-corrected chi connectivity index (χ0v) is 17.9. The molecule has 0 saturated heterocycles. The van der Waals surface area contributed by atoms with Crippen molar-refractivity contribution in [2.75, 3.05) is 23.7 Å². The van der Waals surface area contributed by atoms with Gasteiger partial charge in [0.15, 0.2) is 0 Å². The molecule has 5 nitrogen and oxygen atoms in total. The van der Waals surface area contributed by atoms with Crippen LogP contribution in [0.2, 0.25) is 0 Å². The lowest BCUT2D eigenvalue weighted by molar-refractivity contribution is 0.0953. The van der Waals surface area contributed by atoms with Gasteiger partial charge in [-0.05, 0) is 61.1 Å². The van der Waals surface area contributed by atoms with Crippen LogP contribution in [0.3, 0.4) is 0 Å². The molecule has 2 rings (SSSR count). The van der Waals surface area contributed by atoms with Crippen molar-refractivity contribution in [2.45, 2.75) is 39.5 Å². The van der Waals surface area contributed by atoms with Crippen LogP contribution in [0.15, 0.2) is 48.5 Å². The molecule has 0 saturated carbocycles. The van der Waals surface area contributed by atoms with Crippen molar-refractivity contribution < 1.29 is 13.2 Å². The molecule has 0 heterocycles. The number of amides is 1. The van der Waals surface area contributed by atoms with Crippen LogP contribution in [0.1, 0.15) is 54.6 Å². The van der Waals surface area contributed by atoms with Gasteiger partial charge in [-0.2, -0.15) is 0 Å². The molecule has 0 unspecified atom stereocenters. The smallest absolute Gasteiger partial charge is 0.251 e. The first-order chi connectivity index (χ1) is 13.2. The monoisotopic (exact) mass is 402 g/mol. The third-order valence-corrected chi connectivity index (χ3v) is 5.95. The Hall–Kier alpha value is -2.34. The second kappa shape index (κ2) is 9.73. The maximum absolute atomic E-state index is 12.3. The molecule has 0 atom stereocenters. The highest BCUT2D eigenvalue weighted by Gasteiger charge is 2.15. The molecule has 0 radical (unpaired) electrons. The zero-order valence-electron chi connectivity index (χ0n) is 17.1. The molecule has 152 valence electrons. The highest BCUT2D eigenvalue weighted by atomic mass is 32.2. The van der Waals surface area contributed by atoms with E-state index in [1.165, 1.54) is 21.7 Å². The van der Waals surface area contributed by atoms with Crippen LogP contribution >= 0.6 is 0 Å². The lowest BCUT2D eigenvalue weighted by Crippen LogP contribution is -2.29. The van der Waals surface area contributed by atoms with Crippen molar-refractivity contribution in [3.05, 3.63) is 65.2 Å². The van der Waals surface area contributed by atoms with E-state index in [2.05, 4.69) is 43.4 Å². The van der Waals surface area contributed by atoms with Crippen LogP contribution in [0.25, 0.3) is 0 Å². The fourth-order valence-corrected chi connectivity index (χ4v) is 4.03. The third kappa shape index (κ3) is 6.09. The molecular formula is C22H30N2O3S. The van der Waals surface area contributed by atoms with E-state index in [9.17, 15) is 13.2 Å². The Labute approximate surface area is 168 Å². The van der Waals surface area contributed by atoms with Crippen LogP contribution in [0, 0.1) is 0 Å². The van der Waals surface area contributed by atoms with Crippen molar-refractivity contribution in [3.63, 3.8) is 0 Å². The number of rotatable bonds is 9. The Kier molecular flexibility index (Phi) is 7.63. The average molecular weight is 403 g/mol. The predicted molar refractivity (Wildman–Crippen MR) is 115 cm³/mol. The van der Waals surface area contributed by atoms with Crippen LogP contribution in [0.5, 0.6) is 0 Å². The van der Waals surface area contributed by atoms with Gasteiger partial charge in [-0.3, -0.25) is 9.10 Å². The van der Waals surface area contributed by atoms with Crippen LogP contribution in [-0.4, -0.2) is 33.7 Å². The molecule has 1 N–H and O–H groups in total. The van der Waals surface area contributed by atoms with Crippen molar-refractivity contribution in [1.29, 1.82) is 0 Å². The van der Waals surface area contributed by atoms with Crippen LogP contribution in [-0.2, 0) is 16.4 Å². The lowest BCUT2D eigenvalue weighted by atomic mass is 10.0. The summed E-state index contributed by atoms with van der Waals surface area (Å²) >= 11 is 0. The zero-order chi connectivity index (χ0) is 20.7. The predicted octanol–water partition coefficient (Wildman–Crippen LogP) is 3.96. The average Bonchev–Trinajstić information content (AvgIpc) is 2.65. The first-order valence-corrected chi connectivity index (χ1v) is 11.5. The van der Waals surface area contributed by atoms with Gasteiger partial charge < -0.3 is 5.32 Å². The maximum atomic E-state index is 12.3. The molecule has 2 aromatic rings. The molecule has 6 heteroatoms. The summed E-state index contributed by atoms with van der Waals surface area (Å²) in [5, 5.41) is 2.92. The van der Waals surface area contributed by atoms with Gasteiger partial charge in [0.1, 0.15) is 0 Å². The normalized spacial score (nSPS) is 11.5. The quantitative estimate of drug-likeness (QED) is 0.646. The van der Waals surface area contributed by atoms with E-state index in [4.69, 9.17) is 0 Å². The van der Waals surface area contributed by atoms with E-state index in [1.807, 2.05) is 0 Å². The second-order valence-corrected chi connectivity index (χ2v) is 9.14. The number of benzene rings is 2. The van der Waals surface area contributed by atoms with Gasteiger partial charge in [0.05, 0.1) is 11.9 Å². The minimum absolute atomic E-state index is 0.149. The summed E-state index contributed by atoms with van der Waals surface area (Å²) < 4.78 is 24.8. The van der Waals surface area contributed by atoms with Gasteiger partial charge in [0, 0.05) is 18.7 Å². The third-order valence-electron chi connectivity index (χ3n) is 4.68. The Bertz CT molecular complexity index is 873. The van der Waals surface area contributed by atoms with Gasteiger partial charge in [-0.15, -0.1) is 0 Å². The molecule has 0 aliphatic heterocycles. The lowest BCUT2D eigenvalue weighted by Gasteiger charge is -2.20. The molecule has 2 aromatic carbocycles. The van der Waals surface area contributed by atoms with Gasteiger partial charge >= 0.3 is 0 Å². The highest BCUT2D eigenvalue weighted by Crippen LogP contribution is 2.18. The molecular weight excluding hydrogens is 372 g/mol. The largest absolute Gasteiger partial charge is 0.352 e. The van der Waals surface area contributed by atoms with Gasteiger partial charge in [0.25, 0.3) is 5.91 Å². The van der Waals surface area contributed by atoms with E-state index in [1.54, 1.807) is 31.2 Å². The SMILES string of the molecule is CCN(c1ccc(C(=O)NCCCc2ccc(C(C)C)cc2)cc1)S(C)(=O)=O. The summed E-state index contributed by atoms with van der Waals surface area (Å²) in [6.45, 7) is 7.08. The standard InChI is InChI=1S/C22H30N2O3S/c1-5-24(28(4,26)27)21-14-12-20(13-15-21)22(25)23-16-6-7-18-8-10-19(11-9-18)17(2)3/h8-15,17H,5-7,16H2,1-4H3,(H,23,25). The van der Waals surface area contributed by atoms with Crippen molar-refractivity contribution >= 4 is 21.6 Å². The number of hydrogen-bond acceptors (Lipinski definition) is 3. The number of sulfonamides is 1. The number of carbonyl (C=O) groups is 1. The van der Waals surface area contributed by atoms with Crippen LogP contribution < -0.4 is 9.62 Å². The fourth-order valence-electron chi connectivity index (χ4n) is 3.05. The van der Waals surface area contributed by atoms with Crippen LogP contribution in [0.4, 0.5) is 5.69 Å². The Morgan fingerprint density at radius 2 is 1.64 bits per heavy atom. The molecule has 0 fully saturated rings. The maximum Gasteiger partial charge on any atom is 0.251 e. The number of anilines is 1. The minimum atomic E-state index is -3.32. The van der Waals surface area contributed by atoms with Crippen molar-refractivity contribution in [1.82, 2.24) is 5.32 Å². The van der Waals surface area contributed by atoms with E-state index in [0.29, 0.717) is 30.3 Å². The van der Waals surface area contributed by atoms with Crippen molar-refractivity contribution in [2.24, 2.45) is 0 Å². The van der Waals surface area contributed by atoms with E-state index < -0.39 is 10.0 Å². The van der Waals surface area contributed by atoms with E-state index in [-0.39, 0.29) is 5.91 Å². The second-order valence-electron chi connectivity index (χ2n) is 7.23. The summed E-state index contributed by atoms with van der Waals surface area (Å²) in [6, 6.07) is 15.3. The van der Waals surface area contributed by atoms with Gasteiger partial charge in [0.2, 0.25) is 10.0 Å². The number of aryl methyl sites for hydroxylation is 1. The number of nitrogens with one attached hydrogen (secondary N) is 1. The summed E-state index contributed by atoms with van der Waals surface area (Å²) in [4.78, 5) is 12.3. The van der Waals surface area contributed by atoms with E-state index in [0.717, 1.165) is 12.8 Å². The number of carbonyl (C=O) groups excluding carboxylic acids is 1. The molecule has 0 spiro atoms. The Morgan fingerprint density at radius 1 is 1.04 bits per heavy atom. The summed E-state index contributed by atoms with van der Waals surface area (Å²) in [5.41, 5.74) is 3.68. The van der Waals surface area contributed by atoms with E-state index >= 15 is 0 Å². The molecule has 0 aliphatic carbocycles. The topological polar surface area (TPSA) is 66.5 Å². The minimum Gasteiger partial charge on any atom is -0.352 e. The Balaban J connectivity index is 1.84. The number of hydrogen-bond donors (Lipinski definition) is 1. The van der Waals surface area contributed by atoms with Gasteiger partial charge in [-0.25, -0.2) is 8.42 Å².